The number of fused-ring (bicyclic) bond motifs is 1. The fraction of sp³-hybridized carbons (Fsp3) is 0.391. The smallest absolute Gasteiger partial charge is 0.161 e. The van der Waals surface area contributed by atoms with Gasteiger partial charge in [0.1, 0.15) is 6.61 Å². The molecular formula is C23H30N2O4. The molecule has 1 atom stereocenters. The van der Waals surface area contributed by atoms with E-state index >= 15 is 0 Å². The Bertz CT molecular complexity index is 909. The van der Waals surface area contributed by atoms with Gasteiger partial charge in [0.25, 0.3) is 0 Å². The van der Waals surface area contributed by atoms with Crippen LogP contribution in [0.4, 0.5) is 0 Å². The van der Waals surface area contributed by atoms with Crippen LogP contribution in [0, 0.1) is 0 Å². The molecule has 0 unspecified atom stereocenters. The molecule has 0 aliphatic heterocycles. The van der Waals surface area contributed by atoms with Crippen molar-refractivity contribution in [3.05, 3.63) is 60.3 Å². The predicted octanol–water partition coefficient (Wildman–Crippen LogP) is 3.17. The summed E-state index contributed by atoms with van der Waals surface area (Å²) in [7, 11) is 5.28. The Labute approximate surface area is 172 Å². The first kappa shape index (κ1) is 21.2. The van der Waals surface area contributed by atoms with Gasteiger partial charge < -0.3 is 23.9 Å². The van der Waals surface area contributed by atoms with Gasteiger partial charge in [0.05, 0.1) is 19.8 Å². The number of aliphatic hydroxyl groups is 1. The lowest BCUT2D eigenvalue weighted by molar-refractivity contribution is 0.108. The van der Waals surface area contributed by atoms with Crippen molar-refractivity contribution in [2.75, 3.05) is 41.0 Å². The number of hydrogen-bond donors (Lipinski definition) is 1. The van der Waals surface area contributed by atoms with Crippen molar-refractivity contribution in [1.29, 1.82) is 0 Å². The molecule has 6 heteroatoms. The normalized spacial score (nSPS) is 12.4. The summed E-state index contributed by atoms with van der Waals surface area (Å²) >= 11 is 0. The average molecular weight is 399 g/mol. The van der Waals surface area contributed by atoms with Crippen LogP contribution in [0.2, 0.25) is 0 Å². The predicted molar refractivity (Wildman–Crippen MR) is 115 cm³/mol. The minimum absolute atomic E-state index is 0.466. The first-order valence-electron chi connectivity index (χ1n) is 9.80. The summed E-state index contributed by atoms with van der Waals surface area (Å²) in [5, 5.41) is 11.8. The summed E-state index contributed by atoms with van der Waals surface area (Å²) in [6, 6.07) is 16.2. The highest BCUT2D eigenvalue weighted by Gasteiger charge is 2.13. The van der Waals surface area contributed by atoms with Gasteiger partial charge in [0.15, 0.2) is 11.5 Å². The van der Waals surface area contributed by atoms with E-state index in [-0.39, 0.29) is 0 Å². The maximum Gasteiger partial charge on any atom is 0.161 e. The fourth-order valence-electron chi connectivity index (χ4n) is 3.49. The molecule has 29 heavy (non-hydrogen) atoms. The lowest BCUT2D eigenvalue weighted by Crippen LogP contribution is -2.31. The molecular weight excluding hydrogens is 368 g/mol. The molecule has 0 aliphatic rings. The zero-order chi connectivity index (χ0) is 20.6. The number of aliphatic hydroxyl groups excluding tert-OH is 1. The lowest BCUT2D eigenvalue weighted by atomic mass is 10.2. The van der Waals surface area contributed by atoms with Gasteiger partial charge in [0, 0.05) is 38.5 Å². The van der Waals surface area contributed by atoms with Crippen LogP contribution in [0.1, 0.15) is 5.56 Å². The van der Waals surface area contributed by atoms with Gasteiger partial charge in [-0.15, -0.1) is 0 Å². The van der Waals surface area contributed by atoms with Gasteiger partial charge in [-0.3, -0.25) is 4.90 Å². The molecule has 1 heterocycles. The van der Waals surface area contributed by atoms with Crippen molar-refractivity contribution in [3.63, 3.8) is 0 Å². The van der Waals surface area contributed by atoms with E-state index in [9.17, 15) is 5.11 Å². The lowest BCUT2D eigenvalue weighted by Gasteiger charge is -2.22. The topological polar surface area (TPSA) is 56.1 Å². The van der Waals surface area contributed by atoms with Gasteiger partial charge in [0.2, 0.25) is 0 Å². The summed E-state index contributed by atoms with van der Waals surface area (Å²) in [4.78, 5) is 2.11. The molecule has 3 aromatic rings. The first-order chi connectivity index (χ1) is 14.1. The molecule has 0 fully saturated rings. The van der Waals surface area contributed by atoms with E-state index in [1.165, 1.54) is 5.39 Å². The zero-order valence-corrected chi connectivity index (χ0v) is 17.4. The summed E-state index contributed by atoms with van der Waals surface area (Å²) in [5.74, 6) is 1.40. The van der Waals surface area contributed by atoms with E-state index in [0.717, 1.165) is 11.1 Å². The number of para-hydroxylation sites is 1. The van der Waals surface area contributed by atoms with Gasteiger partial charge in [-0.2, -0.15) is 0 Å². The van der Waals surface area contributed by atoms with Gasteiger partial charge >= 0.3 is 0 Å². The van der Waals surface area contributed by atoms with E-state index in [4.69, 9.17) is 14.2 Å². The Kier molecular flexibility index (Phi) is 7.52. The largest absolute Gasteiger partial charge is 0.493 e. The number of aromatic nitrogens is 1. The molecule has 3 rings (SSSR count). The van der Waals surface area contributed by atoms with Crippen molar-refractivity contribution < 1.29 is 19.3 Å². The van der Waals surface area contributed by atoms with E-state index in [2.05, 4.69) is 27.7 Å². The number of ether oxygens (including phenoxy) is 3. The second kappa shape index (κ2) is 10.3. The number of rotatable bonds is 11. The highest BCUT2D eigenvalue weighted by atomic mass is 16.5. The van der Waals surface area contributed by atoms with Gasteiger partial charge in [-0.25, -0.2) is 0 Å². The molecule has 156 valence electrons. The van der Waals surface area contributed by atoms with Crippen LogP contribution in [-0.4, -0.2) is 61.7 Å². The third-order valence-corrected chi connectivity index (χ3v) is 4.84. The molecule has 0 bridgehead atoms. The summed E-state index contributed by atoms with van der Waals surface area (Å²) in [6.07, 6.45) is 1.56. The molecule has 0 aliphatic carbocycles. The standard InChI is InChI=1S/C23H30N2O4/c1-24(15-18-8-9-22(28-3)23(14-18)29-13-12-27-2)16-20(26)17-25-11-10-19-6-4-5-7-21(19)25/h4-11,14,20,26H,12-13,15-17H2,1-3H3/t20-/m0/s1. The summed E-state index contributed by atoms with van der Waals surface area (Å²) in [6.45, 7) is 2.82. The minimum atomic E-state index is -0.466. The van der Waals surface area contributed by atoms with Crippen molar-refractivity contribution >= 4 is 10.9 Å². The number of likely N-dealkylation sites (N-methyl/N-ethyl adjacent to an activating group) is 1. The quantitative estimate of drug-likeness (QED) is 0.503. The Balaban J connectivity index is 1.58. The number of nitrogens with zero attached hydrogens (tertiary/aromatic N) is 2. The van der Waals surface area contributed by atoms with E-state index in [0.29, 0.717) is 44.3 Å². The fourth-order valence-corrected chi connectivity index (χ4v) is 3.49. The van der Waals surface area contributed by atoms with E-state index in [1.807, 2.05) is 43.6 Å². The van der Waals surface area contributed by atoms with Crippen LogP contribution in [-0.2, 0) is 17.8 Å². The van der Waals surface area contributed by atoms with Gasteiger partial charge in [-0.1, -0.05) is 24.3 Å². The Morgan fingerprint density at radius 1 is 1.03 bits per heavy atom. The zero-order valence-electron chi connectivity index (χ0n) is 17.4. The van der Waals surface area contributed by atoms with Crippen molar-refractivity contribution in [1.82, 2.24) is 9.47 Å². The minimum Gasteiger partial charge on any atom is -0.493 e. The molecule has 0 radical (unpaired) electrons. The first-order valence-corrected chi connectivity index (χ1v) is 9.80. The Morgan fingerprint density at radius 2 is 1.86 bits per heavy atom. The number of benzene rings is 2. The summed E-state index contributed by atoms with van der Waals surface area (Å²) < 4.78 is 18.3. The van der Waals surface area contributed by atoms with Crippen LogP contribution < -0.4 is 9.47 Å². The third kappa shape index (κ3) is 5.73. The molecule has 0 saturated heterocycles. The molecule has 1 aromatic heterocycles. The monoisotopic (exact) mass is 398 g/mol. The van der Waals surface area contributed by atoms with Crippen LogP contribution in [0.5, 0.6) is 11.5 Å². The van der Waals surface area contributed by atoms with Crippen molar-refractivity contribution in [3.8, 4) is 11.5 Å². The van der Waals surface area contributed by atoms with Crippen LogP contribution >= 0.6 is 0 Å². The maximum atomic E-state index is 10.6. The second-order valence-electron chi connectivity index (χ2n) is 7.20. The van der Waals surface area contributed by atoms with Gasteiger partial charge in [-0.05, 0) is 42.3 Å². The van der Waals surface area contributed by atoms with Crippen molar-refractivity contribution in [2.24, 2.45) is 0 Å². The maximum absolute atomic E-state index is 10.6. The molecule has 1 N–H and O–H groups in total. The second-order valence-corrected chi connectivity index (χ2v) is 7.20. The molecule has 6 nitrogen and oxygen atoms in total. The third-order valence-electron chi connectivity index (χ3n) is 4.84. The van der Waals surface area contributed by atoms with E-state index in [1.54, 1.807) is 14.2 Å². The van der Waals surface area contributed by atoms with E-state index < -0.39 is 6.10 Å². The highest BCUT2D eigenvalue weighted by Crippen LogP contribution is 2.28. The molecule has 0 spiro atoms. The van der Waals surface area contributed by atoms with Crippen LogP contribution in [0.25, 0.3) is 10.9 Å². The Morgan fingerprint density at radius 3 is 2.66 bits per heavy atom. The average Bonchev–Trinajstić information content (AvgIpc) is 3.11. The highest BCUT2D eigenvalue weighted by molar-refractivity contribution is 5.79. The van der Waals surface area contributed by atoms with Crippen LogP contribution in [0.3, 0.4) is 0 Å². The Hall–Kier alpha value is -2.54. The summed E-state index contributed by atoms with van der Waals surface area (Å²) in [5.41, 5.74) is 2.24. The SMILES string of the molecule is COCCOc1cc(CN(C)C[C@H](O)Cn2ccc3ccccc32)ccc1OC. The van der Waals surface area contributed by atoms with Crippen molar-refractivity contribution in [2.45, 2.75) is 19.2 Å². The molecule has 0 amide bonds. The number of methoxy groups -OCH3 is 2. The van der Waals surface area contributed by atoms with Crippen LogP contribution in [0.15, 0.2) is 54.7 Å². The molecule has 2 aromatic carbocycles. The number of hydrogen-bond acceptors (Lipinski definition) is 5. The molecule has 0 saturated carbocycles.